The standard InChI is InChI=1S/C28H27BClN5O2S/c29-23-18-32-35-27(16-25(33-28(23)35)22-9-3-4-10-24(22)30)31-17-19-12-14-34(15-13-19)38(36,37)26-11-5-7-20-6-1-2-8-21(20)26/h1-3,5-9,11,16,18-19,31H,4,10,12-15,17H2. The molecule has 2 radical (unpaired) electrons. The number of aromatic nitrogens is 3. The summed E-state index contributed by atoms with van der Waals surface area (Å²) in [6.07, 6.45) is 8.93. The maximum atomic E-state index is 13.5. The van der Waals surface area contributed by atoms with Gasteiger partial charge in [0.05, 0.1) is 10.6 Å². The van der Waals surface area contributed by atoms with E-state index in [0.29, 0.717) is 41.6 Å². The van der Waals surface area contributed by atoms with Gasteiger partial charge in [0, 0.05) is 47.9 Å². The molecule has 1 N–H and O–H groups in total. The Bertz CT molecular complexity index is 1680. The van der Waals surface area contributed by atoms with Crippen molar-refractivity contribution in [2.45, 2.75) is 30.6 Å². The van der Waals surface area contributed by atoms with Crippen LogP contribution in [0.5, 0.6) is 0 Å². The maximum Gasteiger partial charge on any atom is 0.243 e. The highest BCUT2D eigenvalue weighted by Gasteiger charge is 2.30. The van der Waals surface area contributed by atoms with Crippen molar-refractivity contribution in [3.63, 3.8) is 0 Å². The minimum absolute atomic E-state index is 0.311. The maximum absolute atomic E-state index is 13.5. The molecule has 38 heavy (non-hydrogen) atoms. The molecule has 1 fully saturated rings. The van der Waals surface area contributed by atoms with Gasteiger partial charge >= 0.3 is 0 Å². The quantitative estimate of drug-likeness (QED) is 0.363. The number of nitrogens with zero attached hydrogens (tertiary/aromatic N) is 4. The monoisotopic (exact) mass is 543 g/mol. The van der Waals surface area contributed by atoms with Crippen molar-refractivity contribution in [2.24, 2.45) is 5.92 Å². The lowest BCUT2D eigenvalue weighted by atomic mass is 9.98. The highest BCUT2D eigenvalue weighted by atomic mass is 35.5. The summed E-state index contributed by atoms with van der Waals surface area (Å²) in [6, 6.07) is 15.0. The Morgan fingerprint density at radius 2 is 1.89 bits per heavy atom. The normalized spacial score (nSPS) is 17.5. The predicted octanol–water partition coefficient (Wildman–Crippen LogP) is 4.49. The van der Waals surface area contributed by atoms with E-state index >= 15 is 0 Å². The molecule has 1 aliphatic heterocycles. The smallest absolute Gasteiger partial charge is 0.243 e. The molecular weight excluding hydrogens is 517 g/mol. The molecule has 3 heterocycles. The summed E-state index contributed by atoms with van der Waals surface area (Å²) in [5.41, 5.74) is 2.73. The Hall–Kier alpha value is -3.14. The molecule has 0 unspecified atom stereocenters. The summed E-state index contributed by atoms with van der Waals surface area (Å²) in [5, 5.41) is 10.4. The number of allylic oxidation sites excluding steroid dienone is 4. The number of hydrogen-bond donors (Lipinski definition) is 1. The number of sulfonamides is 1. The van der Waals surface area contributed by atoms with E-state index < -0.39 is 10.0 Å². The van der Waals surface area contributed by atoms with Crippen molar-refractivity contribution in [3.05, 3.63) is 77.6 Å². The fourth-order valence-corrected chi connectivity index (χ4v) is 7.22. The van der Waals surface area contributed by atoms with Gasteiger partial charge in [-0.05, 0) is 48.5 Å². The molecule has 0 amide bonds. The highest BCUT2D eigenvalue weighted by Crippen LogP contribution is 2.31. The fraction of sp³-hybridized carbons (Fsp3) is 0.286. The third-order valence-corrected chi connectivity index (χ3v) is 9.74. The zero-order valence-corrected chi connectivity index (χ0v) is 22.4. The van der Waals surface area contributed by atoms with E-state index in [2.05, 4.69) is 16.5 Å². The van der Waals surface area contributed by atoms with Gasteiger partial charge in [0.15, 0.2) is 5.65 Å². The second-order valence-corrected chi connectivity index (χ2v) is 12.2. The van der Waals surface area contributed by atoms with E-state index in [1.54, 1.807) is 21.1 Å². The molecule has 7 nitrogen and oxygen atoms in total. The number of halogens is 1. The van der Waals surface area contributed by atoms with Crippen LogP contribution in [0.25, 0.3) is 22.0 Å². The van der Waals surface area contributed by atoms with Crippen LogP contribution in [0.1, 0.15) is 31.4 Å². The van der Waals surface area contributed by atoms with Gasteiger partial charge in [-0.3, -0.25) is 0 Å². The van der Waals surface area contributed by atoms with Gasteiger partial charge in [0.1, 0.15) is 13.7 Å². The third kappa shape index (κ3) is 4.63. The number of benzene rings is 2. The van der Waals surface area contributed by atoms with Crippen molar-refractivity contribution < 1.29 is 8.42 Å². The van der Waals surface area contributed by atoms with E-state index in [4.69, 9.17) is 24.4 Å². The topological polar surface area (TPSA) is 79.6 Å². The Labute approximate surface area is 228 Å². The van der Waals surface area contributed by atoms with Crippen molar-refractivity contribution in [1.82, 2.24) is 18.9 Å². The number of nitrogens with one attached hydrogen (secondary N) is 1. The number of rotatable bonds is 6. The van der Waals surface area contributed by atoms with E-state index in [1.165, 1.54) is 0 Å². The molecular formula is C28H27BClN5O2S. The first-order chi connectivity index (χ1) is 18.4. The van der Waals surface area contributed by atoms with Gasteiger partial charge in [-0.1, -0.05) is 60.2 Å². The van der Waals surface area contributed by atoms with Crippen LogP contribution in [0.15, 0.2) is 76.8 Å². The predicted molar refractivity (Wildman–Crippen MR) is 153 cm³/mol. The van der Waals surface area contributed by atoms with Gasteiger partial charge in [-0.25, -0.2) is 13.4 Å². The largest absolute Gasteiger partial charge is 0.370 e. The highest BCUT2D eigenvalue weighted by molar-refractivity contribution is 7.89. The Kier molecular flexibility index (Phi) is 6.76. The van der Waals surface area contributed by atoms with E-state index in [1.807, 2.05) is 48.5 Å². The molecule has 6 rings (SSSR count). The summed E-state index contributed by atoms with van der Waals surface area (Å²) in [6.45, 7) is 1.65. The molecule has 192 valence electrons. The van der Waals surface area contributed by atoms with Gasteiger partial charge < -0.3 is 5.32 Å². The molecule has 1 aliphatic carbocycles. The molecule has 10 heteroatoms. The molecule has 2 aromatic carbocycles. The van der Waals surface area contributed by atoms with Crippen LogP contribution in [-0.2, 0) is 10.0 Å². The number of fused-ring (bicyclic) bond motifs is 2. The minimum Gasteiger partial charge on any atom is -0.370 e. The zero-order valence-electron chi connectivity index (χ0n) is 20.8. The summed E-state index contributed by atoms with van der Waals surface area (Å²) in [7, 11) is 2.58. The summed E-state index contributed by atoms with van der Waals surface area (Å²) >= 11 is 6.52. The van der Waals surface area contributed by atoms with E-state index in [-0.39, 0.29) is 0 Å². The third-order valence-electron chi connectivity index (χ3n) is 7.40. The molecule has 2 aromatic heterocycles. The molecule has 0 bridgehead atoms. The van der Waals surface area contributed by atoms with Gasteiger partial charge in [-0.2, -0.15) is 13.9 Å². The molecule has 4 aromatic rings. The Morgan fingerprint density at radius 3 is 2.71 bits per heavy atom. The van der Waals surface area contributed by atoms with E-state index in [0.717, 1.165) is 58.6 Å². The first kappa shape index (κ1) is 25.2. The minimum atomic E-state index is -3.58. The lowest BCUT2D eigenvalue weighted by molar-refractivity contribution is 0.282. The Morgan fingerprint density at radius 1 is 1.11 bits per heavy atom. The number of piperidine rings is 1. The fourth-order valence-electron chi connectivity index (χ4n) is 5.27. The molecule has 0 atom stereocenters. The first-order valence-corrected chi connectivity index (χ1v) is 14.7. The zero-order chi connectivity index (χ0) is 26.3. The van der Waals surface area contributed by atoms with Crippen LogP contribution in [0.4, 0.5) is 5.82 Å². The van der Waals surface area contributed by atoms with Crippen molar-refractivity contribution in [1.29, 1.82) is 0 Å². The molecule has 0 spiro atoms. The lowest BCUT2D eigenvalue weighted by Crippen LogP contribution is -2.40. The van der Waals surface area contributed by atoms with Crippen LogP contribution in [-0.4, -0.2) is 54.8 Å². The van der Waals surface area contributed by atoms with Crippen LogP contribution in [0, 0.1) is 5.92 Å². The second-order valence-electron chi connectivity index (χ2n) is 9.83. The van der Waals surface area contributed by atoms with Gasteiger partial charge in [0.2, 0.25) is 10.0 Å². The number of anilines is 1. The molecule has 2 aliphatic rings. The Balaban J connectivity index is 1.18. The molecule has 1 saturated heterocycles. The van der Waals surface area contributed by atoms with Crippen molar-refractivity contribution in [3.8, 4) is 0 Å². The van der Waals surface area contributed by atoms with Crippen LogP contribution >= 0.6 is 11.6 Å². The molecule has 0 saturated carbocycles. The van der Waals surface area contributed by atoms with Gasteiger partial charge in [0.25, 0.3) is 0 Å². The average Bonchev–Trinajstić information content (AvgIpc) is 3.32. The SMILES string of the molecule is [B]c1cnn2c(NCC3CCN(S(=O)(=O)c4cccc5ccccc45)CC3)cc(C3=C(Cl)CCC=C3)nc12. The summed E-state index contributed by atoms with van der Waals surface area (Å²) in [4.78, 5) is 5.10. The average molecular weight is 544 g/mol. The summed E-state index contributed by atoms with van der Waals surface area (Å²) in [5.74, 6) is 1.09. The van der Waals surface area contributed by atoms with Crippen molar-refractivity contribution >= 4 is 62.7 Å². The van der Waals surface area contributed by atoms with Crippen LogP contribution in [0.2, 0.25) is 0 Å². The van der Waals surface area contributed by atoms with Crippen molar-refractivity contribution in [2.75, 3.05) is 25.0 Å². The number of hydrogen-bond acceptors (Lipinski definition) is 5. The van der Waals surface area contributed by atoms with Crippen LogP contribution in [0.3, 0.4) is 0 Å². The van der Waals surface area contributed by atoms with Crippen LogP contribution < -0.4 is 10.8 Å². The van der Waals surface area contributed by atoms with E-state index in [9.17, 15) is 8.42 Å². The first-order valence-electron chi connectivity index (χ1n) is 12.8. The van der Waals surface area contributed by atoms with Gasteiger partial charge in [-0.15, -0.1) is 0 Å². The lowest BCUT2D eigenvalue weighted by Gasteiger charge is -2.31. The second kappa shape index (κ2) is 10.2. The summed E-state index contributed by atoms with van der Waals surface area (Å²) < 4.78 is 30.3.